The lowest BCUT2D eigenvalue weighted by Gasteiger charge is -2.36. The van der Waals surface area contributed by atoms with Crippen molar-refractivity contribution in [1.29, 1.82) is 0 Å². The number of methoxy groups -OCH3 is 1. The summed E-state index contributed by atoms with van der Waals surface area (Å²) in [5.41, 5.74) is 4.02. The van der Waals surface area contributed by atoms with E-state index in [4.69, 9.17) is 16.3 Å². The zero-order valence-corrected chi connectivity index (χ0v) is 16.1. The molecule has 1 aliphatic rings. The molecule has 138 valence electrons. The zero-order chi connectivity index (χ0) is 18.7. The van der Waals surface area contributed by atoms with Gasteiger partial charge in [0.15, 0.2) is 0 Å². The number of rotatable bonds is 3. The van der Waals surface area contributed by atoms with Gasteiger partial charge in [-0.1, -0.05) is 23.7 Å². The third-order valence-corrected chi connectivity index (χ3v) is 4.92. The maximum Gasteiger partial charge on any atom is 0.321 e. The highest BCUT2D eigenvalue weighted by Crippen LogP contribution is 2.30. The van der Waals surface area contributed by atoms with Gasteiger partial charge >= 0.3 is 6.03 Å². The average molecular weight is 374 g/mol. The number of hydrogen-bond donors (Lipinski definition) is 1. The molecule has 1 heterocycles. The summed E-state index contributed by atoms with van der Waals surface area (Å²) in [4.78, 5) is 16.7. The number of nitrogens with zero attached hydrogens (tertiary/aromatic N) is 2. The number of piperazine rings is 1. The fourth-order valence-electron chi connectivity index (χ4n) is 3.12. The molecule has 0 aromatic heterocycles. The smallest absolute Gasteiger partial charge is 0.321 e. The number of hydrogen-bond acceptors (Lipinski definition) is 3. The van der Waals surface area contributed by atoms with Crippen LogP contribution in [0.5, 0.6) is 5.75 Å². The van der Waals surface area contributed by atoms with Gasteiger partial charge in [0.2, 0.25) is 0 Å². The van der Waals surface area contributed by atoms with Crippen LogP contribution < -0.4 is 15.0 Å². The molecule has 1 fully saturated rings. The largest absolute Gasteiger partial charge is 0.495 e. The Bertz CT molecular complexity index is 802. The molecule has 2 aromatic rings. The Labute approximate surface area is 159 Å². The Balaban J connectivity index is 1.64. The van der Waals surface area contributed by atoms with Crippen molar-refractivity contribution >= 4 is 29.0 Å². The monoisotopic (exact) mass is 373 g/mol. The van der Waals surface area contributed by atoms with Crippen LogP contribution in [-0.2, 0) is 0 Å². The lowest BCUT2D eigenvalue weighted by atomic mass is 10.1. The third-order valence-electron chi connectivity index (χ3n) is 4.68. The minimum Gasteiger partial charge on any atom is -0.495 e. The molecule has 0 aliphatic carbocycles. The van der Waals surface area contributed by atoms with Crippen LogP contribution in [0.3, 0.4) is 0 Å². The molecule has 0 atom stereocenters. The van der Waals surface area contributed by atoms with Crippen molar-refractivity contribution in [3.8, 4) is 5.75 Å². The number of halogens is 1. The highest BCUT2D eigenvalue weighted by molar-refractivity contribution is 6.31. The quantitative estimate of drug-likeness (QED) is 0.871. The molecule has 2 amide bonds. The lowest BCUT2D eigenvalue weighted by Crippen LogP contribution is -2.50. The van der Waals surface area contributed by atoms with Crippen LogP contribution in [-0.4, -0.2) is 44.2 Å². The van der Waals surface area contributed by atoms with Gasteiger partial charge in [-0.3, -0.25) is 0 Å². The van der Waals surface area contributed by atoms with E-state index in [9.17, 15) is 4.79 Å². The first-order valence-corrected chi connectivity index (χ1v) is 9.07. The first-order chi connectivity index (χ1) is 12.5. The maximum atomic E-state index is 12.6. The highest BCUT2D eigenvalue weighted by atomic mass is 35.5. The maximum absolute atomic E-state index is 12.6. The normalized spacial score (nSPS) is 14.3. The van der Waals surface area contributed by atoms with Crippen LogP contribution in [0.25, 0.3) is 0 Å². The van der Waals surface area contributed by atoms with Crippen molar-refractivity contribution in [2.75, 3.05) is 43.5 Å². The van der Waals surface area contributed by atoms with Crippen LogP contribution >= 0.6 is 11.6 Å². The van der Waals surface area contributed by atoms with Gasteiger partial charge in [-0.2, -0.15) is 0 Å². The number of amides is 2. The Hall–Kier alpha value is -2.40. The van der Waals surface area contributed by atoms with Gasteiger partial charge in [0.05, 0.1) is 12.8 Å². The minimum absolute atomic E-state index is 0.0915. The van der Waals surface area contributed by atoms with Crippen LogP contribution in [0, 0.1) is 13.8 Å². The molecule has 0 radical (unpaired) electrons. The van der Waals surface area contributed by atoms with Crippen LogP contribution in [0.15, 0.2) is 36.4 Å². The van der Waals surface area contributed by atoms with E-state index in [0.717, 1.165) is 35.8 Å². The van der Waals surface area contributed by atoms with E-state index in [1.807, 2.05) is 36.1 Å². The second-order valence-corrected chi connectivity index (χ2v) is 6.98. The standard InChI is InChI=1S/C20H24ClN3O2/c1-14-4-7-19(26-3)18(12-14)23-8-10-24(11-9-23)20(25)22-17-13-16(21)6-5-15(17)2/h4-7,12-13H,8-11H2,1-3H3,(H,22,25). The number of urea groups is 1. The molecule has 0 saturated carbocycles. The molecule has 0 spiro atoms. The number of benzene rings is 2. The molecule has 3 rings (SSSR count). The molecule has 5 nitrogen and oxygen atoms in total. The SMILES string of the molecule is COc1ccc(C)cc1N1CCN(C(=O)Nc2cc(Cl)ccc2C)CC1. The summed E-state index contributed by atoms with van der Waals surface area (Å²) < 4.78 is 5.48. The predicted octanol–water partition coefficient (Wildman–Crippen LogP) is 4.32. The zero-order valence-electron chi connectivity index (χ0n) is 15.4. The molecule has 6 heteroatoms. The van der Waals surface area contributed by atoms with E-state index < -0.39 is 0 Å². The molecule has 0 bridgehead atoms. The minimum atomic E-state index is -0.0915. The number of aryl methyl sites for hydroxylation is 2. The van der Waals surface area contributed by atoms with Gasteiger partial charge in [0.25, 0.3) is 0 Å². The van der Waals surface area contributed by atoms with Crippen molar-refractivity contribution in [2.24, 2.45) is 0 Å². The number of nitrogens with one attached hydrogen (secondary N) is 1. The van der Waals surface area contributed by atoms with Gasteiger partial charge < -0.3 is 19.9 Å². The molecular formula is C20H24ClN3O2. The summed E-state index contributed by atoms with van der Waals surface area (Å²) in [5, 5.41) is 3.58. The topological polar surface area (TPSA) is 44.8 Å². The Kier molecular flexibility index (Phi) is 5.57. The molecule has 26 heavy (non-hydrogen) atoms. The summed E-state index contributed by atoms with van der Waals surface area (Å²) in [6.45, 7) is 6.86. The summed E-state index contributed by atoms with van der Waals surface area (Å²) in [6.07, 6.45) is 0. The number of anilines is 2. The second-order valence-electron chi connectivity index (χ2n) is 6.54. The fraction of sp³-hybridized carbons (Fsp3) is 0.350. The van der Waals surface area contributed by atoms with E-state index in [1.165, 1.54) is 5.56 Å². The van der Waals surface area contributed by atoms with Gasteiger partial charge in [-0.15, -0.1) is 0 Å². The summed E-state index contributed by atoms with van der Waals surface area (Å²) >= 11 is 6.03. The van der Waals surface area contributed by atoms with Gasteiger partial charge in [0, 0.05) is 36.9 Å². The second kappa shape index (κ2) is 7.87. The molecular weight excluding hydrogens is 350 g/mol. The molecule has 1 aliphatic heterocycles. The Morgan fingerprint density at radius 1 is 1.08 bits per heavy atom. The average Bonchev–Trinajstić information content (AvgIpc) is 2.65. The summed E-state index contributed by atoms with van der Waals surface area (Å²) in [6, 6.07) is 11.6. The number of ether oxygens (including phenoxy) is 1. The van der Waals surface area contributed by atoms with E-state index >= 15 is 0 Å². The summed E-state index contributed by atoms with van der Waals surface area (Å²) in [5.74, 6) is 0.864. The lowest BCUT2D eigenvalue weighted by molar-refractivity contribution is 0.208. The Morgan fingerprint density at radius 3 is 2.50 bits per heavy atom. The van der Waals surface area contributed by atoms with Crippen molar-refractivity contribution in [1.82, 2.24) is 4.90 Å². The molecule has 2 aromatic carbocycles. The van der Waals surface area contributed by atoms with Gasteiger partial charge in [0.1, 0.15) is 5.75 Å². The van der Waals surface area contributed by atoms with Gasteiger partial charge in [-0.05, 0) is 49.2 Å². The van der Waals surface area contributed by atoms with E-state index in [0.29, 0.717) is 18.1 Å². The van der Waals surface area contributed by atoms with Crippen molar-refractivity contribution < 1.29 is 9.53 Å². The molecule has 1 saturated heterocycles. The van der Waals surface area contributed by atoms with Crippen molar-refractivity contribution in [3.63, 3.8) is 0 Å². The van der Waals surface area contributed by atoms with E-state index in [2.05, 4.69) is 23.2 Å². The third kappa shape index (κ3) is 4.05. The van der Waals surface area contributed by atoms with Crippen molar-refractivity contribution in [3.05, 3.63) is 52.5 Å². The first-order valence-electron chi connectivity index (χ1n) is 8.69. The number of carbonyl (C=O) groups is 1. The first kappa shape index (κ1) is 18.4. The predicted molar refractivity (Wildman–Crippen MR) is 107 cm³/mol. The van der Waals surface area contributed by atoms with Crippen LogP contribution in [0.4, 0.5) is 16.2 Å². The molecule has 1 N–H and O–H groups in total. The van der Waals surface area contributed by atoms with Crippen LogP contribution in [0.2, 0.25) is 5.02 Å². The van der Waals surface area contributed by atoms with Gasteiger partial charge in [-0.25, -0.2) is 4.79 Å². The highest BCUT2D eigenvalue weighted by Gasteiger charge is 2.23. The summed E-state index contributed by atoms with van der Waals surface area (Å²) in [7, 11) is 1.69. The van der Waals surface area contributed by atoms with Crippen molar-refractivity contribution in [2.45, 2.75) is 13.8 Å². The van der Waals surface area contributed by atoms with E-state index in [1.54, 1.807) is 13.2 Å². The Morgan fingerprint density at radius 2 is 1.81 bits per heavy atom. The van der Waals surface area contributed by atoms with E-state index in [-0.39, 0.29) is 6.03 Å². The number of carbonyl (C=O) groups excluding carboxylic acids is 1. The molecule has 0 unspecified atom stereocenters. The van der Waals surface area contributed by atoms with Crippen LogP contribution in [0.1, 0.15) is 11.1 Å². The fourth-order valence-corrected chi connectivity index (χ4v) is 3.29.